The lowest BCUT2D eigenvalue weighted by molar-refractivity contribution is 0.907. The minimum Gasteiger partial charge on any atom is -0.383 e. The summed E-state index contributed by atoms with van der Waals surface area (Å²) in [6, 6.07) is 17.3. The number of benzene rings is 2. The van der Waals surface area contributed by atoms with Crippen LogP contribution in [-0.4, -0.2) is 19.7 Å². The van der Waals surface area contributed by atoms with E-state index in [1.807, 2.05) is 60.8 Å². The molecule has 0 saturated carbocycles. The number of hydrogen-bond donors (Lipinski definition) is 1. The predicted octanol–water partition coefficient (Wildman–Crippen LogP) is 4.76. The van der Waals surface area contributed by atoms with Gasteiger partial charge in [0.1, 0.15) is 12.1 Å². The lowest BCUT2D eigenvalue weighted by atomic mass is 10.0. The van der Waals surface area contributed by atoms with Crippen LogP contribution in [0.25, 0.3) is 28.1 Å². The van der Waals surface area contributed by atoms with Gasteiger partial charge in [-0.05, 0) is 23.3 Å². The normalized spacial score (nSPS) is 10.7. The number of hydrogen-bond acceptors (Lipinski definition) is 4. The van der Waals surface area contributed by atoms with Gasteiger partial charge in [0.15, 0.2) is 0 Å². The molecule has 27 heavy (non-hydrogen) atoms. The zero-order valence-corrected chi connectivity index (χ0v) is 15.1. The fourth-order valence-electron chi connectivity index (χ4n) is 2.87. The average Bonchev–Trinajstić information content (AvgIpc) is 3.19. The summed E-state index contributed by atoms with van der Waals surface area (Å²) < 4.78 is 1.73. The largest absolute Gasteiger partial charge is 0.383 e. The molecule has 132 valence electrons. The van der Waals surface area contributed by atoms with E-state index in [1.54, 1.807) is 10.9 Å². The lowest BCUT2D eigenvalue weighted by Gasteiger charge is -2.10. The van der Waals surface area contributed by atoms with Gasteiger partial charge in [0, 0.05) is 16.8 Å². The van der Waals surface area contributed by atoms with Gasteiger partial charge in [-0.15, -0.1) is 0 Å². The second-order valence-electron chi connectivity index (χ2n) is 5.98. The average molecular weight is 374 g/mol. The molecule has 0 unspecified atom stereocenters. The molecule has 2 aromatic carbocycles. The van der Waals surface area contributed by atoms with Gasteiger partial charge in [0.05, 0.1) is 23.2 Å². The molecule has 0 aliphatic heterocycles. The highest BCUT2D eigenvalue weighted by molar-refractivity contribution is 6.30. The van der Waals surface area contributed by atoms with E-state index in [0.29, 0.717) is 16.5 Å². The van der Waals surface area contributed by atoms with Crippen molar-refractivity contribution < 1.29 is 0 Å². The van der Waals surface area contributed by atoms with E-state index < -0.39 is 0 Å². The summed E-state index contributed by atoms with van der Waals surface area (Å²) in [6.45, 7) is 4.14. The molecule has 2 aromatic heterocycles. The first-order chi connectivity index (χ1) is 13.1. The number of aromatic nitrogens is 4. The molecule has 4 aromatic rings. The summed E-state index contributed by atoms with van der Waals surface area (Å²) in [7, 11) is 0. The van der Waals surface area contributed by atoms with Crippen LogP contribution in [0.3, 0.4) is 0 Å². The molecule has 0 fully saturated rings. The smallest absolute Gasteiger partial charge is 0.135 e. The highest BCUT2D eigenvalue weighted by atomic mass is 35.5. The molecule has 0 amide bonds. The minimum atomic E-state index is 0.400. The molecule has 0 atom stereocenters. The third kappa shape index (κ3) is 3.32. The third-order valence-electron chi connectivity index (χ3n) is 4.25. The van der Waals surface area contributed by atoms with Crippen LogP contribution in [0.5, 0.6) is 0 Å². The molecule has 2 N–H and O–H groups in total. The van der Waals surface area contributed by atoms with Crippen molar-refractivity contribution in [3.05, 3.63) is 90.5 Å². The van der Waals surface area contributed by atoms with Gasteiger partial charge in [0.25, 0.3) is 0 Å². The minimum absolute atomic E-state index is 0.400. The molecule has 0 aliphatic rings. The van der Waals surface area contributed by atoms with Crippen LogP contribution in [0.2, 0.25) is 5.02 Å². The Hall–Kier alpha value is -3.44. The molecule has 6 heteroatoms. The molecule has 0 aliphatic carbocycles. The van der Waals surface area contributed by atoms with E-state index in [-0.39, 0.29) is 0 Å². The fourth-order valence-corrected chi connectivity index (χ4v) is 3.00. The Morgan fingerprint density at radius 2 is 1.70 bits per heavy atom. The summed E-state index contributed by atoms with van der Waals surface area (Å²) in [5.74, 6) is 0.400. The van der Waals surface area contributed by atoms with Crippen molar-refractivity contribution in [2.75, 3.05) is 5.73 Å². The number of rotatable bonds is 4. The Kier molecular flexibility index (Phi) is 4.44. The topological polar surface area (TPSA) is 69.6 Å². The number of nitrogens with two attached hydrogens (primary N) is 1. The van der Waals surface area contributed by atoms with Crippen molar-refractivity contribution >= 4 is 23.1 Å². The molecule has 2 heterocycles. The van der Waals surface area contributed by atoms with Crippen molar-refractivity contribution in [2.45, 2.75) is 0 Å². The maximum atomic E-state index is 6.16. The maximum absolute atomic E-state index is 6.16. The van der Waals surface area contributed by atoms with E-state index in [2.05, 4.69) is 21.6 Å². The Labute approximate surface area is 161 Å². The number of nitrogens with zero attached hydrogens (tertiary/aromatic N) is 4. The van der Waals surface area contributed by atoms with Crippen LogP contribution in [0, 0.1) is 0 Å². The van der Waals surface area contributed by atoms with Gasteiger partial charge < -0.3 is 5.73 Å². The summed E-state index contributed by atoms with van der Waals surface area (Å²) in [5, 5.41) is 5.10. The van der Waals surface area contributed by atoms with Crippen molar-refractivity contribution in [3.63, 3.8) is 0 Å². The van der Waals surface area contributed by atoms with Gasteiger partial charge in [-0.25, -0.2) is 14.6 Å². The molecule has 4 rings (SSSR count). The first-order valence-corrected chi connectivity index (χ1v) is 8.67. The molecule has 0 saturated heterocycles. The van der Waals surface area contributed by atoms with Crippen LogP contribution in [-0.2, 0) is 0 Å². The summed E-state index contributed by atoms with van der Waals surface area (Å²) in [4.78, 5) is 8.59. The monoisotopic (exact) mass is 373 g/mol. The quantitative estimate of drug-likeness (QED) is 0.559. The zero-order valence-electron chi connectivity index (χ0n) is 14.4. The fraction of sp³-hybridized carbons (Fsp3) is 0. The molecule has 0 bridgehead atoms. The highest BCUT2D eigenvalue weighted by Crippen LogP contribution is 2.34. The van der Waals surface area contributed by atoms with Gasteiger partial charge in [-0.3, -0.25) is 0 Å². The molecule has 5 nitrogen and oxygen atoms in total. The van der Waals surface area contributed by atoms with Crippen molar-refractivity contribution in [1.29, 1.82) is 0 Å². The van der Waals surface area contributed by atoms with Crippen LogP contribution in [0.4, 0.5) is 5.82 Å². The molecule has 0 radical (unpaired) electrons. The summed E-state index contributed by atoms with van der Waals surface area (Å²) in [5.41, 5.74) is 11.1. The lowest BCUT2D eigenvalue weighted by Crippen LogP contribution is -1.99. The summed E-state index contributed by atoms with van der Waals surface area (Å²) >= 11 is 6.01. The van der Waals surface area contributed by atoms with Crippen LogP contribution < -0.4 is 5.73 Å². The second-order valence-corrected chi connectivity index (χ2v) is 6.41. The Balaban J connectivity index is 1.77. The molecule has 0 spiro atoms. The summed E-state index contributed by atoms with van der Waals surface area (Å²) in [6.07, 6.45) is 5.08. The molecular formula is C21H16ClN5. The van der Waals surface area contributed by atoms with Crippen LogP contribution >= 0.6 is 11.6 Å². The number of halogens is 1. The third-order valence-corrected chi connectivity index (χ3v) is 4.50. The van der Waals surface area contributed by atoms with Crippen molar-refractivity contribution in [2.24, 2.45) is 0 Å². The van der Waals surface area contributed by atoms with Crippen molar-refractivity contribution in [3.8, 4) is 22.4 Å². The predicted molar refractivity (Wildman–Crippen MR) is 109 cm³/mol. The number of anilines is 1. The van der Waals surface area contributed by atoms with Crippen LogP contribution in [0.15, 0.2) is 79.9 Å². The van der Waals surface area contributed by atoms with Gasteiger partial charge in [-0.2, -0.15) is 5.10 Å². The van der Waals surface area contributed by atoms with Gasteiger partial charge in [-0.1, -0.05) is 60.6 Å². The maximum Gasteiger partial charge on any atom is 0.135 e. The van der Waals surface area contributed by atoms with E-state index in [1.165, 1.54) is 6.33 Å². The second kappa shape index (κ2) is 7.05. The highest BCUT2D eigenvalue weighted by Gasteiger charge is 2.16. The Bertz CT molecular complexity index is 1100. The number of nitrogen functional groups attached to an aromatic ring is 1. The van der Waals surface area contributed by atoms with Crippen LogP contribution in [0.1, 0.15) is 5.56 Å². The Morgan fingerprint density at radius 1 is 0.963 bits per heavy atom. The Morgan fingerprint density at radius 3 is 2.44 bits per heavy atom. The van der Waals surface area contributed by atoms with Gasteiger partial charge >= 0.3 is 0 Å². The van der Waals surface area contributed by atoms with E-state index in [9.17, 15) is 0 Å². The first kappa shape index (κ1) is 17.0. The molecular weight excluding hydrogens is 358 g/mol. The van der Waals surface area contributed by atoms with Crippen molar-refractivity contribution in [1.82, 2.24) is 19.7 Å². The van der Waals surface area contributed by atoms with Gasteiger partial charge in [0.2, 0.25) is 0 Å². The SMILES string of the molecule is C=C(c1ccccc1)n1cc(-c2ncnc(N)c2-c2ccc(Cl)cc2)cn1. The van der Waals surface area contributed by atoms with E-state index in [0.717, 1.165) is 28.0 Å². The van der Waals surface area contributed by atoms with E-state index >= 15 is 0 Å². The van der Waals surface area contributed by atoms with E-state index in [4.69, 9.17) is 17.3 Å². The standard InChI is InChI=1S/C21H16ClN5/c1-14(15-5-3-2-4-6-15)27-12-17(11-26-27)20-19(21(23)25-13-24-20)16-7-9-18(22)10-8-16/h2-13H,1H2,(H2,23,24,25). The first-order valence-electron chi connectivity index (χ1n) is 8.29. The zero-order chi connectivity index (χ0) is 18.8.